The van der Waals surface area contributed by atoms with Crippen LogP contribution < -0.4 is 10.6 Å². The van der Waals surface area contributed by atoms with Gasteiger partial charge in [0.1, 0.15) is 12.3 Å². The highest BCUT2D eigenvalue weighted by molar-refractivity contribution is 14.0. The van der Waals surface area contributed by atoms with Crippen LogP contribution >= 0.6 is 24.0 Å². The molecule has 24 heavy (non-hydrogen) atoms. The normalized spacial score (nSPS) is 16.7. The van der Waals surface area contributed by atoms with Crippen molar-refractivity contribution in [3.05, 3.63) is 24.2 Å². The van der Waals surface area contributed by atoms with Crippen molar-refractivity contribution in [2.24, 2.45) is 10.4 Å². The van der Waals surface area contributed by atoms with E-state index in [2.05, 4.69) is 29.5 Å². The maximum atomic E-state index is 5.59. The molecule has 0 unspecified atom stereocenters. The zero-order chi connectivity index (χ0) is 16.4. The smallest absolute Gasteiger partial charge is 0.191 e. The molecule has 0 amide bonds. The molecule has 1 aliphatic carbocycles. The van der Waals surface area contributed by atoms with Crippen LogP contribution in [0, 0.1) is 5.41 Å². The fraction of sp³-hybridized carbons (Fsp3) is 0.722. The van der Waals surface area contributed by atoms with Crippen LogP contribution in [-0.2, 0) is 11.3 Å². The van der Waals surface area contributed by atoms with Crippen molar-refractivity contribution >= 4 is 29.9 Å². The van der Waals surface area contributed by atoms with Crippen molar-refractivity contribution in [3.8, 4) is 0 Å². The average Bonchev–Trinajstić information content (AvgIpc) is 3.23. The first-order valence-corrected chi connectivity index (χ1v) is 8.90. The summed E-state index contributed by atoms with van der Waals surface area (Å²) < 4.78 is 10.9. The molecule has 5 nitrogen and oxygen atoms in total. The highest BCUT2D eigenvalue weighted by atomic mass is 127. The van der Waals surface area contributed by atoms with E-state index in [1.807, 2.05) is 12.1 Å². The van der Waals surface area contributed by atoms with Gasteiger partial charge in [0.25, 0.3) is 0 Å². The number of ether oxygens (including phenoxy) is 1. The van der Waals surface area contributed by atoms with Crippen LogP contribution in [0.3, 0.4) is 0 Å². The number of nitrogens with one attached hydrogen (secondary N) is 2. The third-order valence-electron chi connectivity index (χ3n) is 4.59. The molecule has 1 aromatic heterocycles. The van der Waals surface area contributed by atoms with Crippen molar-refractivity contribution < 1.29 is 9.15 Å². The molecule has 0 atom stereocenters. The van der Waals surface area contributed by atoms with Crippen LogP contribution in [0.5, 0.6) is 0 Å². The van der Waals surface area contributed by atoms with Gasteiger partial charge in [0, 0.05) is 26.3 Å². The Kier molecular flexibility index (Phi) is 10.4. The molecule has 1 heterocycles. The van der Waals surface area contributed by atoms with E-state index in [0.29, 0.717) is 12.0 Å². The largest absolute Gasteiger partial charge is 0.467 e. The van der Waals surface area contributed by atoms with Crippen LogP contribution in [-0.4, -0.2) is 32.3 Å². The molecular formula is C18H32IN3O2. The Bertz CT molecular complexity index is 457. The van der Waals surface area contributed by atoms with E-state index in [1.54, 1.807) is 6.26 Å². The lowest BCUT2D eigenvalue weighted by molar-refractivity contribution is 0.105. The predicted octanol–water partition coefficient (Wildman–Crippen LogP) is 3.94. The Balaban J connectivity index is 0.00000288. The number of aliphatic imine (C=N–C) groups is 1. The summed E-state index contributed by atoms with van der Waals surface area (Å²) in [6.07, 6.45) is 8.04. The van der Waals surface area contributed by atoms with Gasteiger partial charge >= 0.3 is 0 Å². The van der Waals surface area contributed by atoms with Gasteiger partial charge < -0.3 is 19.8 Å². The molecule has 0 saturated heterocycles. The van der Waals surface area contributed by atoms with Gasteiger partial charge in [-0.25, -0.2) is 4.99 Å². The van der Waals surface area contributed by atoms with E-state index in [1.165, 1.54) is 25.7 Å². The van der Waals surface area contributed by atoms with Gasteiger partial charge in [-0.2, -0.15) is 0 Å². The SMILES string of the molecule is CCNC(=NCc1ccco1)NCC1(CCOCC)CCCC1.I. The van der Waals surface area contributed by atoms with Crippen molar-refractivity contribution in [1.29, 1.82) is 0 Å². The number of nitrogens with zero attached hydrogens (tertiary/aromatic N) is 1. The number of hydrogen-bond donors (Lipinski definition) is 2. The van der Waals surface area contributed by atoms with Crippen molar-refractivity contribution in [3.63, 3.8) is 0 Å². The number of hydrogen-bond acceptors (Lipinski definition) is 3. The predicted molar refractivity (Wildman–Crippen MR) is 109 cm³/mol. The second kappa shape index (κ2) is 11.7. The summed E-state index contributed by atoms with van der Waals surface area (Å²) in [6.45, 7) is 8.19. The Labute approximate surface area is 163 Å². The number of rotatable bonds is 9. The summed E-state index contributed by atoms with van der Waals surface area (Å²) in [6, 6.07) is 3.85. The number of furan rings is 1. The third-order valence-corrected chi connectivity index (χ3v) is 4.59. The van der Waals surface area contributed by atoms with E-state index in [9.17, 15) is 0 Å². The molecule has 2 N–H and O–H groups in total. The molecule has 1 aromatic rings. The van der Waals surface area contributed by atoms with Gasteiger partial charge in [0.2, 0.25) is 0 Å². The van der Waals surface area contributed by atoms with Crippen LogP contribution in [0.25, 0.3) is 0 Å². The van der Waals surface area contributed by atoms with Crippen LogP contribution in [0.4, 0.5) is 0 Å². The van der Waals surface area contributed by atoms with E-state index < -0.39 is 0 Å². The summed E-state index contributed by atoms with van der Waals surface area (Å²) in [5.41, 5.74) is 0.357. The molecule has 0 bridgehead atoms. The first kappa shape index (κ1) is 21.3. The van der Waals surface area contributed by atoms with E-state index >= 15 is 0 Å². The van der Waals surface area contributed by atoms with Gasteiger partial charge in [-0.1, -0.05) is 12.8 Å². The zero-order valence-corrected chi connectivity index (χ0v) is 17.3. The molecule has 138 valence electrons. The van der Waals surface area contributed by atoms with Crippen LogP contribution in [0.2, 0.25) is 0 Å². The number of guanidine groups is 1. The average molecular weight is 449 g/mol. The fourth-order valence-corrected chi connectivity index (χ4v) is 3.25. The van der Waals surface area contributed by atoms with Gasteiger partial charge in [0.05, 0.1) is 6.26 Å². The monoisotopic (exact) mass is 449 g/mol. The van der Waals surface area contributed by atoms with Gasteiger partial charge in [0.15, 0.2) is 5.96 Å². The number of halogens is 1. The minimum atomic E-state index is 0. The fourth-order valence-electron chi connectivity index (χ4n) is 3.25. The highest BCUT2D eigenvalue weighted by Crippen LogP contribution is 2.40. The summed E-state index contributed by atoms with van der Waals surface area (Å²) in [4.78, 5) is 4.61. The van der Waals surface area contributed by atoms with E-state index in [4.69, 9.17) is 9.15 Å². The Morgan fingerprint density at radius 2 is 2.08 bits per heavy atom. The Morgan fingerprint density at radius 3 is 2.71 bits per heavy atom. The summed E-state index contributed by atoms with van der Waals surface area (Å²) in [5.74, 6) is 1.75. The second-order valence-corrected chi connectivity index (χ2v) is 6.28. The second-order valence-electron chi connectivity index (χ2n) is 6.28. The molecule has 0 aromatic carbocycles. The topological polar surface area (TPSA) is 58.8 Å². The van der Waals surface area contributed by atoms with E-state index in [0.717, 1.165) is 44.4 Å². The molecule has 0 spiro atoms. The molecule has 6 heteroatoms. The first-order valence-electron chi connectivity index (χ1n) is 8.90. The summed E-state index contributed by atoms with van der Waals surface area (Å²) in [5, 5.41) is 6.85. The van der Waals surface area contributed by atoms with Crippen molar-refractivity contribution in [2.45, 2.75) is 52.5 Å². The van der Waals surface area contributed by atoms with Gasteiger partial charge in [-0.3, -0.25) is 0 Å². The standard InChI is InChI=1S/C18H31N3O2.HI/c1-3-19-17(20-14-16-8-7-12-23-16)21-15-18(9-5-6-10-18)11-13-22-4-2;/h7-8,12H,3-6,9-11,13-15H2,1-2H3,(H2,19,20,21);1H. The molecular weight excluding hydrogens is 417 g/mol. The summed E-state index contributed by atoms with van der Waals surface area (Å²) in [7, 11) is 0. The van der Waals surface area contributed by atoms with E-state index in [-0.39, 0.29) is 24.0 Å². The van der Waals surface area contributed by atoms with Gasteiger partial charge in [-0.05, 0) is 50.7 Å². The van der Waals surface area contributed by atoms with Crippen molar-refractivity contribution in [1.82, 2.24) is 10.6 Å². The lowest BCUT2D eigenvalue weighted by Crippen LogP contribution is -2.43. The molecule has 0 aliphatic heterocycles. The van der Waals surface area contributed by atoms with Gasteiger partial charge in [-0.15, -0.1) is 24.0 Å². The van der Waals surface area contributed by atoms with Crippen molar-refractivity contribution in [2.75, 3.05) is 26.3 Å². The Hall–Kier alpha value is -0.760. The summed E-state index contributed by atoms with van der Waals surface area (Å²) >= 11 is 0. The lowest BCUT2D eigenvalue weighted by atomic mass is 9.83. The lowest BCUT2D eigenvalue weighted by Gasteiger charge is -2.30. The molecule has 0 radical (unpaired) electrons. The highest BCUT2D eigenvalue weighted by Gasteiger charge is 2.33. The first-order chi connectivity index (χ1) is 11.3. The molecule has 1 fully saturated rings. The zero-order valence-electron chi connectivity index (χ0n) is 15.0. The maximum Gasteiger partial charge on any atom is 0.191 e. The Morgan fingerprint density at radius 1 is 1.29 bits per heavy atom. The third kappa shape index (κ3) is 7.01. The van der Waals surface area contributed by atoms with Crippen LogP contribution in [0.15, 0.2) is 27.8 Å². The van der Waals surface area contributed by atoms with Crippen LogP contribution in [0.1, 0.15) is 51.7 Å². The maximum absolute atomic E-state index is 5.59. The molecule has 1 saturated carbocycles. The minimum Gasteiger partial charge on any atom is -0.467 e. The minimum absolute atomic E-state index is 0. The molecule has 2 rings (SSSR count). The quantitative estimate of drug-likeness (QED) is 0.260. The molecule has 1 aliphatic rings.